The number of aliphatic imine (C=N–C) groups is 1. The summed E-state index contributed by atoms with van der Waals surface area (Å²) in [5.41, 5.74) is 4.12. The van der Waals surface area contributed by atoms with Crippen molar-refractivity contribution in [3.8, 4) is 0 Å². The summed E-state index contributed by atoms with van der Waals surface area (Å²) >= 11 is 0. The highest BCUT2D eigenvalue weighted by Crippen LogP contribution is 2.25. The Bertz CT molecular complexity index is 978. The lowest BCUT2D eigenvalue weighted by molar-refractivity contribution is 0.112. The molecule has 0 saturated carbocycles. The normalized spacial score (nSPS) is 11.9. The van der Waals surface area contributed by atoms with Crippen LogP contribution in [0.5, 0.6) is 0 Å². The monoisotopic (exact) mass is 383 g/mol. The molecule has 2 N–H and O–H groups in total. The molecule has 28 heavy (non-hydrogen) atoms. The van der Waals surface area contributed by atoms with Crippen LogP contribution >= 0.6 is 0 Å². The summed E-state index contributed by atoms with van der Waals surface area (Å²) in [6.07, 6.45) is 2.28. The number of halogens is 2. The number of allylic oxidation sites excluding steroid dienone is 2. The van der Waals surface area contributed by atoms with E-state index in [0.717, 1.165) is 17.5 Å². The Balaban J connectivity index is 2.18. The van der Waals surface area contributed by atoms with Gasteiger partial charge in [0.05, 0.1) is 17.1 Å². The number of hydrogen-bond donors (Lipinski definition) is 2. The second-order valence-corrected chi connectivity index (χ2v) is 6.36. The van der Waals surface area contributed by atoms with Crippen LogP contribution in [0.2, 0.25) is 0 Å². The van der Waals surface area contributed by atoms with Crippen LogP contribution in [0.25, 0.3) is 5.57 Å². The summed E-state index contributed by atoms with van der Waals surface area (Å²) < 4.78 is 28.1. The maximum Gasteiger partial charge on any atom is 0.182 e. The molecule has 2 rings (SSSR count). The first-order valence-electron chi connectivity index (χ1n) is 8.68. The third-order valence-electron chi connectivity index (χ3n) is 4.36. The zero-order valence-corrected chi connectivity index (χ0v) is 16.4. The molecule has 0 aliphatic carbocycles. The predicted octanol–water partition coefficient (Wildman–Crippen LogP) is 5.57. The summed E-state index contributed by atoms with van der Waals surface area (Å²) in [5.74, 6) is -1.84. The lowest BCUT2D eigenvalue weighted by Gasteiger charge is -2.11. The number of nitrogens with one attached hydrogen (secondary N) is 2. The molecule has 6 heteroatoms. The largest absolute Gasteiger partial charge is 0.386 e. The van der Waals surface area contributed by atoms with Crippen molar-refractivity contribution in [3.63, 3.8) is 0 Å². The van der Waals surface area contributed by atoms with Gasteiger partial charge in [-0.05, 0) is 62.2 Å². The molecule has 0 aliphatic heterocycles. The van der Waals surface area contributed by atoms with Crippen LogP contribution in [0.3, 0.4) is 0 Å². The predicted molar refractivity (Wildman–Crippen MR) is 112 cm³/mol. The number of aldehydes is 1. The Morgan fingerprint density at radius 3 is 2.46 bits per heavy atom. The number of hydrogen-bond acceptors (Lipinski definition) is 4. The highest BCUT2D eigenvalue weighted by atomic mass is 19.2. The molecule has 0 spiro atoms. The second kappa shape index (κ2) is 9.08. The fourth-order valence-corrected chi connectivity index (χ4v) is 2.54. The molecule has 0 amide bonds. The summed E-state index contributed by atoms with van der Waals surface area (Å²) in [5, 5.41) is 5.72. The van der Waals surface area contributed by atoms with Crippen molar-refractivity contribution in [2.24, 2.45) is 4.99 Å². The van der Waals surface area contributed by atoms with E-state index in [2.05, 4.69) is 22.2 Å². The van der Waals surface area contributed by atoms with Gasteiger partial charge in [0.15, 0.2) is 11.6 Å². The molecule has 0 fully saturated rings. The molecule has 4 nitrogen and oxygen atoms in total. The number of carbonyl (C=O) groups excluding carboxylic acids is 1. The minimum absolute atomic E-state index is 0.0993. The summed E-state index contributed by atoms with van der Waals surface area (Å²) in [4.78, 5) is 15.2. The summed E-state index contributed by atoms with van der Waals surface area (Å²) in [7, 11) is 1.53. The molecule has 2 aromatic rings. The molecule has 0 radical (unpaired) electrons. The van der Waals surface area contributed by atoms with E-state index in [1.165, 1.54) is 25.4 Å². The van der Waals surface area contributed by atoms with Gasteiger partial charge in [-0.15, -0.1) is 0 Å². The van der Waals surface area contributed by atoms with Crippen molar-refractivity contribution in [1.29, 1.82) is 0 Å². The van der Waals surface area contributed by atoms with Crippen LogP contribution in [-0.2, 0) is 0 Å². The van der Waals surface area contributed by atoms with E-state index in [1.54, 1.807) is 26.0 Å². The van der Waals surface area contributed by atoms with Crippen molar-refractivity contribution in [1.82, 2.24) is 0 Å². The van der Waals surface area contributed by atoms with Gasteiger partial charge in [-0.25, -0.2) is 8.78 Å². The summed E-state index contributed by atoms with van der Waals surface area (Å²) in [6, 6.07) is 8.32. The second-order valence-electron chi connectivity index (χ2n) is 6.36. The molecular weight excluding hydrogens is 360 g/mol. The first-order valence-corrected chi connectivity index (χ1v) is 8.68. The van der Waals surface area contributed by atoms with Crippen LogP contribution in [-0.4, -0.2) is 19.0 Å². The Morgan fingerprint density at radius 1 is 1.14 bits per heavy atom. The summed E-state index contributed by atoms with van der Waals surface area (Å²) in [6.45, 7) is 9.20. The van der Waals surface area contributed by atoms with Gasteiger partial charge >= 0.3 is 0 Å². The zero-order valence-electron chi connectivity index (χ0n) is 16.4. The van der Waals surface area contributed by atoms with Gasteiger partial charge in [0.2, 0.25) is 0 Å². The lowest BCUT2D eigenvalue weighted by atomic mass is 10.1. The fourth-order valence-electron chi connectivity index (χ4n) is 2.54. The van der Waals surface area contributed by atoms with Crippen LogP contribution in [0.15, 0.2) is 53.8 Å². The van der Waals surface area contributed by atoms with Crippen LogP contribution in [0, 0.1) is 18.6 Å². The molecule has 0 unspecified atom stereocenters. The maximum atomic E-state index is 14.2. The van der Waals surface area contributed by atoms with Crippen molar-refractivity contribution in [3.05, 3.63) is 77.1 Å². The molecule has 0 aliphatic rings. The zero-order chi connectivity index (χ0) is 20.8. The van der Waals surface area contributed by atoms with Gasteiger partial charge in [-0.2, -0.15) is 0 Å². The molecule has 0 atom stereocenters. The molecule has 0 saturated heterocycles. The quantitative estimate of drug-likeness (QED) is 0.485. The van der Waals surface area contributed by atoms with Crippen LogP contribution in [0.1, 0.15) is 35.3 Å². The van der Waals surface area contributed by atoms with Gasteiger partial charge in [0.25, 0.3) is 0 Å². The average molecular weight is 383 g/mol. The van der Waals surface area contributed by atoms with E-state index >= 15 is 0 Å². The highest BCUT2D eigenvalue weighted by molar-refractivity contribution is 6.00. The first-order chi connectivity index (χ1) is 13.3. The van der Waals surface area contributed by atoms with E-state index in [0.29, 0.717) is 22.5 Å². The number of rotatable bonds is 7. The van der Waals surface area contributed by atoms with Crippen molar-refractivity contribution >= 4 is 28.9 Å². The average Bonchev–Trinajstić information content (AvgIpc) is 2.68. The molecule has 0 heterocycles. The first kappa shape index (κ1) is 21.0. The van der Waals surface area contributed by atoms with Crippen molar-refractivity contribution in [2.75, 3.05) is 17.7 Å². The van der Waals surface area contributed by atoms with Crippen LogP contribution < -0.4 is 10.6 Å². The number of benzene rings is 2. The van der Waals surface area contributed by atoms with E-state index in [1.807, 2.05) is 13.0 Å². The van der Waals surface area contributed by atoms with Crippen molar-refractivity contribution in [2.45, 2.75) is 20.8 Å². The minimum atomic E-state index is -0.923. The van der Waals surface area contributed by atoms with Gasteiger partial charge in [-0.1, -0.05) is 6.58 Å². The number of anilines is 2. The molecule has 146 valence electrons. The Morgan fingerprint density at radius 2 is 1.86 bits per heavy atom. The van der Waals surface area contributed by atoms with Crippen LogP contribution in [0.4, 0.5) is 20.2 Å². The van der Waals surface area contributed by atoms with Gasteiger partial charge < -0.3 is 10.6 Å². The minimum Gasteiger partial charge on any atom is -0.386 e. The van der Waals surface area contributed by atoms with Gasteiger partial charge in [0, 0.05) is 30.1 Å². The van der Waals surface area contributed by atoms with E-state index in [-0.39, 0.29) is 11.3 Å². The Labute approximate surface area is 163 Å². The Hall–Kier alpha value is -3.28. The molecule has 0 aromatic heterocycles. The smallest absolute Gasteiger partial charge is 0.182 e. The van der Waals surface area contributed by atoms with Gasteiger partial charge in [0.1, 0.15) is 6.29 Å². The third-order valence-corrected chi connectivity index (χ3v) is 4.36. The number of nitrogens with zero attached hydrogens (tertiary/aromatic N) is 1. The topological polar surface area (TPSA) is 53.5 Å². The lowest BCUT2D eigenvalue weighted by Crippen LogP contribution is -2.07. The SMILES string of the molecule is C=C(Nc1ccc(C=O)c(C)c1)/C(C)=N/C=C(\C)c1ccc(NC)c(F)c1F. The number of aryl methyl sites for hydroxylation is 1. The van der Waals surface area contributed by atoms with E-state index in [9.17, 15) is 13.6 Å². The van der Waals surface area contributed by atoms with Crippen molar-refractivity contribution < 1.29 is 13.6 Å². The van der Waals surface area contributed by atoms with Gasteiger partial charge in [-0.3, -0.25) is 9.79 Å². The number of carbonyl (C=O) groups is 1. The molecule has 2 aromatic carbocycles. The highest BCUT2D eigenvalue weighted by Gasteiger charge is 2.13. The third kappa shape index (κ3) is 4.71. The Kier molecular flexibility index (Phi) is 6.82. The maximum absolute atomic E-state index is 14.2. The fraction of sp³-hybridized carbons (Fsp3) is 0.182. The van der Waals surface area contributed by atoms with E-state index in [4.69, 9.17) is 0 Å². The molecular formula is C22H23F2N3O. The standard InChI is InChI=1S/C22H23F2N3O/c1-13-10-18(7-6-17(13)12-28)27-16(4)15(3)26-11-14(2)19-8-9-20(25-5)22(24)21(19)23/h6-12,25,27H,4H2,1-3,5H3/b14-11+,26-15+. The molecule has 0 bridgehead atoms. The van der Waals surface area contributed by atoms with E-state index < -0.39 is 11.6 Å².